The second kappa shape index (κ2) is 25.8. The summed E-state index contributed by atoms with van der Waals surface area (Å²) in [6, 6.07) is 6.59. The molecule has 0 fully saturated rings. The van der Waals surface area contributed by atoms with Gasteiger partial charge in [-0.05, 0) is 66.1 Å². The highest BCUT2D eigenvalue weighted by Crippen LogP contribution is 2.55. The lowest BCUT2D eigenvalue weighted by atomic mass is 9.99. The van der Waals surface area contributed by atoms with Gasteiger partial charge in [0.05, 0.1) is 0 Å². The Kier molecular flexibility index (Phi) is 24.6. The van der Waals surface area contributed by atoms with Crippen LogP contribution in [0, 0.1) is 0 Å². The molecule has 1 aromatic carbocycles. The van der Waals surface area contributed by atoms with Crippen LogP contribution in [0.1, 0.15) is 179 Å². The summed E-state index contributed by atoms with van der Waals surface area (Å²) in [5.74, 6) is 0. The van der Waals surface area contributed by atoms with Crippen LogP contribution in [0.4, 0.5) is 0 Å². The Bertz CT molecular complexity index is 734. The molecule has 0 bridgehead atoms. The maximum absolute atomic E-state index is 9.91. The number of hydrogen-bond donors (Lipinski definition) is 2. The molecule has 5 heteroatoms. The van der Waals surface area contributed by atoms with Crippen molar-refractivity contribution in [3.8, 4) is 0 Å². The first kappa shape index (κ1) is 37.2. The van der Waals surface area contributed by atoms with E-state index in [9.17, 15) is 9.79 Å². The highest BCUT2D eigenvalue weighted by Gasteiger charge is 2.14. The Morgan fingerprint density at radius 3 is 1.28 bits per heavy atom. The summed E-state index contributed by atoms with van der Waals surface area (Å²) in [4.78, 5) is 20.8. The Morgan fingerprint density at radius 2 is 0.897 bits per heavy atom. The summed E-state index contributed by atoms with van der Waals surface area (Å²) >= 11 is 6.04. The van der Waals surface area contributed by atoms with Gasteiger partial charge in [0.2, 0.25) is 5.69 Å². The van der Waals surface area contributed by atoms with Crippen LogP contribution >= 0.6 is 17.1 Å². The van der Waals surface area contributed by atoms with Gasteiger partial charge < -0.3 is 9.79 Å². The molecule has 39 heavy (non-hydrogen) atoms. The molecule has 0 aromatic heterocycles. The Morgan fingerprint density at radius 1 is 0.538 bits per heavy atom. The predicted octanol–water partition coefficient (Wildman–Crippen LogP) is 12.5. The first-order valence-corrected chi connectivity index (χ1v) is 21.0. The van der Waals surface area contributed by atoms with Gasteiger partial charge in [0, 0.05) is 4.90 Å². The van der Waals surface area contributed by atoms with Gasteiger partial charge in [-0.2, -0.15) is 0 Å². The molecule has 0 saturated carbocycles. The van der Waals surface area contributed by atoms with E-state index >= 15 is 0 Å². The van der Waals surface area contributed by atoms with Gasteiger partial charge in [-0.25, -0.2) is 0 Å². The Balaban J connectivity index is 2.25. The highest BCUT2D eigenvalue weighted by molar-refractivity contribution is 8.67. The molecule has 0 aliphatic heterocycles. The van der Waals surface area contributed by atoms with E-state index in [4.69, 9.17) is 11.8 Å². The fraction of sp³-hybridized carbons (Fsp3) is 0.824. The third-order valence-electron chi connectivity index (χ3n) is 7.96. The normalized spacial score (nSPS) is 11.9. The number of unbranched alkanes of at least 4 members (excludes halogenated alkanes) is 22. The zero-order chi connectivity index (χ0) is 28.4. The lowest BCUT2D eigenvalue weighted by molar-refractivity contribution is 0.502. The van der Waals surface area contributed by atoms with Crippen molar-refractivity contribution in [1.82, 2.24) is 0 Å². The number of hydrogen-bond acceptors (Lipinski definition) is 2. The van der Waals surface area contributed by atoms with Gasteiger partial charge in [-0.1, -0.05) is 167 Å². The lowest BCUT2D eigenvalue weighted by Crippen LogP contribution is -1.94. The van der Waals surface area contributed by atoms with Crippen molar-refractivity contribution >= 4 is 28.9 Å². The third-order valence-corrected chi connectivity index (χ3v) is 10.8. The van der Waals surface area contributed by atoms with E-state index in [0.29, 0.717) is 0 Å². The van der Waals surface area contributed by atoms with Crippen molar-refractivity contribution in [2.24, 2.45) is 0 Å². The van der Waals surface area contributed by atoms with E-state index in [0.717, 1.165) is 29.1 Å². The molecule has 2 N–H and O–H groups in total. The van der Waals surface area contributed by atoms with Crippen molar-refractivity contribution in [3.63, 3.8) is 0 Å². The molecule has 0 saturated heterocycles. The smallest absolute Gasteiger partial charge is 0.246 e. The summed E-state index contributed by atoms with van der Waals surface area (Å²) in [5, 5.41) is 0. The minimum absolute atomic E-state index is 0.977. The summed E-state index contributed by atoms with van der Waals surface area (Å²) in [6.07, 6.45) is 35.0. The average Bonchev–Trinajstić information content (AvgIpc) is 2.90. The maximum atomic E-state index is 9.91. The molecule has 0 heterocycles. The van der Waals surface area contributed by atoms with E-state index in [1.165, 1.54) is 165 Å². The molecular weight excluding hydrogens is 535 g/mol. The fourth-order valence-electron chi connectivity index (χ4n) is 5.53. The summed E-state index contributed by atoms with van der Waals surface area (Å²) in [5.41, 5.74) is -0.641. The molecule has 0 unspecified atom stereocenters. The van der Waals surface area contributed by atoms with E-state index in [-0.39, 0.29) is 0 Å². The van der Waals surface area contributed by atoms with Crippen molar-refractivity contribution in [2.75, 3.05) is 0 Å². The monoisotopic (exact) mass is 598 g/mol. The second-order valence-electron chi connectivity index (χ2n) is 11.8. The second-order valence-corrected chi connectivity index (χ2v) is 17.7. The highest BCUT2D eigenvalue weighted by atomic mass is 32.9. The maximum Gasteiger partial charge on any atom is 0.246 e. The fourth-order valence-corrected chi connectivity index (χ4v) is 8.22. The molecule has 0 amide bonds. The Labute approximate surface area is 252 Å². The number of benzene rings is 1. The van der Waals surface area contributed by atoms with E-state index in [1.807, 2.05) is 0 Å². The standard InChI is InChI=1S/C34H63O2PS2/c1-3-5-7-9-11-13-15-17-19-21-23-25-27-32-29-30-34(39-37(35,36)38)33(31-32)28-26-24-22-20-18-16-14-12-10-8-6-4-2/h29-31H,3-28H2,1-2H3,(H2,35,36,38). The zero-order valence-corrected chi connectivity index (χ0v) is 28.3. The van der Waals surface area contributed by atoms with Crippen LogP contribution < -0.4 is 0 Å². The molecular formula is C34H63O2PS2. The van der Waals surface area contributed by atoms with Crippen molar-refractivity contribution in [1.29, 1.82) is 0 Å². The van der Waals surface area contributed by atoms with Crippen molar-refractivity contribution in [3.05, 3.63) is 29.3 Å². The average molecular weight is 599 g/mol. The molecule has 1 rings (SSSR count). The molecule has 228 valence electrons. The summed E-state index contributed by atoms with van der Waals surface area (Å²) in [7, 11) is 0. The number of rotatable bonds is 28. The first-order valence-electron chi connectivity index (χ1n) is 16.8. The predicted molar refractivity (Wildman–Crippen MR) is 181 cm³/mol. The molecule has 0 aliphatic rings. The molecule has 0 spiro atoms. The van der Waals surface area contributed by atoms with Crippen LogP contribution in [0.3, 0.4) is 0 Å². The van der Waals surface area contributed by atoms with Crippen LogP contribution in [0.5, 0.6) is 0 Å². The van der Waals surface area contributed by atoms with E-state index in [2.05, 4.69) is 32.0 Å². The third kappa shape index (κ3) is 23.4. The first-order chi connectivity index (χ1) is 19.0. The van der Waals surface area contributed by atoms with Crippen LogP contribution in [-0.2, 0) is 24.6 Å². The van der Waals surface area contributed by atoms with Crippen molar-refractivity contribution in [2.45, 2.75) is 186 Å². The SMILES string of the molecule is CCCCCCCCCCCCCCc1ccc(SP(O)(O)=S)c(CCCCCCCCCCCCCC)c1. The summed E-state index contributed by atoms with van der Waals surface area (Å²) in [6.45, 7) is 4.57. The van der Waals surface area contributed by atoms with Gasteiger partial charge >= 0.3 is 0 Å². The minimum atomic E-state index is -3.30. The Hall–Kier alpha value is 0.140. The molecule has 0 atom stereocenters. The van der Waals surface area contributed by atoms with Gasteiger partial charge in [0.25, 0.3) is 0 Å². The number of aryl methyl sites for hydroxylation is 2. The summed E-state index contributed by atoms with van der Waals surface area (Å²) < 4.78 is 0. The largest absolute Gasteiger partial charge is 0.337 e. The van der Waals surface area contributed by atoms with Crippen LogP contribution in [0.15, 0.2) is 23.1 Å². The van der Waals surface area contributed by atoms with Crippen LogP contribution in [-0.4, -0.2) is 9.79 Å². The van der Waals surface area contributed by atoms with Gasteiger partial charge in [0.15, 0.2) is 0 Å². The molecule has 0 radical (unpaired) electrons. The lowest BCUT2D eigenvalue weighted by Gasteiger charge is -2.14. The van der Waals surface area contributed by atoms with Gasteiger partial charge in [-0.3, -0.25) is 0 Å². The van der Waals surface area contributed by atoms with Gasteiger partial charge in [-0.15, -0.1) is 0 Å². The minimum Gasteiger partial charge on any atom is -0.337 e. The molecule has 2 nitrogen and oxygen atoms in total. The zero-order valence-electron chi connectivity index (χ0n) is 25.8. The van der Waals surface area contributed by atoms with Crippen molar-refractivity contribution < 1.29 is 9.79 Å². The quantitative estimate of drug-likeness (QED) is 0.0743. The van der Waals surface area contributed by atoms with Crippen LogP contribution in [0.2, 0.25) is 0 Å². The molecule has 0 aliphatic carbocycles. The molecule has 1 aromatic rings. The topological polar surface area (TPSA) is 40.5 Å². The van der Waals surface area contributed by atoms with Gasteiger partial charge in [0.1, 0.15) is 0 Å². The van der Waals surface area contributed by atoms with E-state index in [1.54, 1.807) is 0 Å². The van der Waals surface area contributed by atoms with E-state index < -0.39 is 5.69 Å². The van der Waals surface area contributed by atoms with Crippen LogP contribution in [0.25, 0.3) is 0 Å².